The third-order valence-corrected chi connectivity index (χ3v) is 8.39. The van der Waals surface area contributed by atoms with Gasteiger partial charge in [-0.15, -0.1) is 0 Å². The number of pyridine rings is 1. The second kappa shape index (κ2) is 8.39. The first-order valence-corrected chi connectivity index (χ1v) is 12.1. The number of nitrogens with one attached hydrogen (secondary N) is 1. The van der Waals surface area contributed by atoms with Crippen molar-refractivity contribution >= 4 is 17.5 Å². The van der Waals surface area contributed by atoms with Crippen molar-refractivity contribution in [2.24, 2.45) is 10.6 Å². The summed E-state index contributed by atoms with van der Waals surface area (Å²) < 4.78 is 28.7. The molecular weight excluding hydrogens is 486 g/mol. The zero-order chi connectivity index (χ0) is 26.9. The molecule has 1 spiro atoms. The lowest BCUT2D eigenvalue weighted by Crippen LogP contribution is -2.57. The molecule has 3 atom stereocenters. The number of oxime groups is 1. The molecule has 1 aromatic heterocycles. The first-order chi connectivity index (χ1) is 17.4. The third-order valence-electron chi connectivity index (χ3n) is 8.39. The van der Waals surface area contributed by atoms with E-state index in [-0.39, 0.29) is 30.4 Å². The number of hydrogen-bond acceptors (Lipinski definition) is 6. The van der Waals surface area contributed by atoms with Crippen molar-refractivity contribution in [2.75, 3.05) is 6.54 Å². The molecule has 2 aromatic rings. The Morgan fingerprint density at radius 1 is 1.30 bits per heavy atom. The molecule has 5 rings (SSSR count). The Morgan fingerprint density at radius 2 is 2.03 bits per heavy atom. The molecule has 0 aliphatic carbocycles. The number of amides is 2. The Balaban J connectivity index is 1.59. The number of hydrogen-bond donors (Lipinski definition) is 2. The predicted octanol–water partition coefficient (Wildman–Crippen LogP) is 3.11. The number of nitrogens with zero attached hydrogens (tertiary/aromatic N) is 3. The zero-order valence-electron chi connectivity index (χ0n) is 21.0. The minimum Gasteiger partial charge on any atom is -0.503 e. The molecule has 196 valence electrons. The lowest BCUT2D eigenvalue weighted by molar-refractivity contribution is -0.114. The number of benzene rings is 1. The Morgan fingerprint density at radius 3 is 2.68 bits per heavy atom. The van der Waals surface area contributed by atoms with E-state index in [2.05, 4.69) is 10.5 Å². The average Bonchev–Trinajstić information content (AvgIpc) is 2.98. The number of aromatic hydroxyl groups is 1. The van der Waals surface area contributed by atoms with Gasteiger partial charge in [0, 0.05) is 37.0 Å². The van der Waals surface area contributed by atoms with Gasteiger partial charge in [0.15, 0.2) is 17.0 Å². The maximum Gasteiger partial charge on any atom is 0.274 e. The number of aromatic nitrogens is 1. The van der Waals surface area contributed by atoms with Crippen LogP contribution in [0.5, 0.6) is 5.75 Å². The Labute approximate surface area is 211 Å². The monoisotopic (exact) mass is 514 g/mol. The Bertz CT molecular complexity index is 1420. The fraction of sp³-hybridized carbons (Fsp3) is 0.462. The van der Waals surface area contributed by atoms with Gasteiger partial charge in [0.25, 0.3) is 11.8 Å². The standard InChI is InChI=1S/C26H28F2N4O5/c1-13-7-8-26(25(3,4)14(2)30-37-26)19-12-31(13)24(36)20-22(34)21(33)17(11-32(19)20)23(35)29-10-15-5-6-16(27)9-18(15)28/h5-6,9,11,13,19,34H,7-8,10,12H2,1-4H3,(H,29,35)/t13?,19-,26+/m1/s1. The van der Waals surface area contributed by atoms with Gasteiger partial charge < -0.3 is 24.7 Å². The van der Waals surface area contributed by atoms with Gasteiger partial charge in [0.1, 0.15) is 17.2 Å². The maximum atomic E-state index is 14.0. The SMILES string of the molecule is CC1=NO[C@]2(CCC(C)N3C[C@H]2n2cc(C(=O)NCc4ccc(F)cc4F)c(=O)c(O)c2C3=O)C1(C)C. The second-order valence-electron chi connectivity index (χ2n) is 10.5. The normalized spacial score (nSPS) is 25.8. The minimum atomic E-state index is -1.02. The Kier molecular flexibility index (Phi) is 5.65. The number of carbonyl (C=O) groups is 2. The lowest BCUT2D eigenvalue weighted by atomic mass is 9.66. The number of carbonyl (C=O) groups excluding carboxylic acids is 2. The van der Waals surface area contributed by atoms with E-state index >= 15 is 0 Å². The third kappa shape index (κ3) is 3.54. The summed E-state index contributed by atoms with van der Waals surface area (Å²) in [6.07, 6.45) is 2.43. The predicted molar refractivity (Wildman–Crippen MR) is 129 cm³/mol. The van der Waals surface area contributed by atoms with Gasteiger partial charge in [-0.3, -0.25) is 14.4 Å². The quantitative estimate of drug-likeness (QED) is 0.654. The van der Waals surface area contributed by atoms with E-state index in [9.17, 15) is 28.3 Å². The molecule has 2 amide bonds. The van der Waals surface area contributed by atoms with Crippen LogP contribution in [0.3, 0.4) is 0 Å². The van der Waals surface area contributed by atoms with Gasteiger partial charge in [-0.2, -0.15) is 0 Å². The molecule has 4 heterocycles. The van der Waals surface area contributed by atoms with Crippen LogP contribution in [0.15, 0.2) is 34.3 Å². The van der Waals surface area contributed by atoms with Gasteiger partial charge in [-0.1, -0.05) is 25.1 Å². The van der Waals surface area contributed by atoms with Crippen LogP contribution >= 0.6 is 0 Å². The molecule has 9 nitrogen and oxygen atoms in total. The number of fused-ring (bicyclic) bond motifs is 5. The molecule has 3 aliphatic rings. The van der Waals surface area contributed by atoms with Crippen LogP contribution in [0.2, 0.25) is 0 Å². The van der Waals surface area contributed by atoms with Gasteiger partial charge in [-0.05, 0) is 32.8 Å². The van der Waals surface area contributed by atoms with Crippen LogP contribution in [0.1, 0.15) is 73.0 Å². The summed E-state index contributed by atoms with van der Waals surface area (Å²) in [5.41, 5.74) is -2.29. The molecule has 2 bridgehead atoms. The molecule has 2 N–H and O–H groups in total. The van der Waals surface area contributed by atoms with Gasteiger partial charge in [-0.25, -0.2) is 8.78 Å². The van der Waals surface area contributed by atoms with Crippen LogP contribution in [0, 0.1) is 17.0 Å². The van der Waals surface area contributed by atoms with Crippen molar-refractivity contribution in [3.05, 3.63) is 63.1 Å². The van der Waals surface area contributed by atoms with Crippen molar-refractivity contribution in [1.29, 1.82) is 0 Å². The van der Waals surface area contributed by atoms with Crippen molar-refractivity contribution in [3.8, 4) is 5.75 Å². The number of rotatable bonds is 3. The highest BCUT2D eigenvalue weighted by atomic mass is 19.1. The van der Waals surface area contributed by atoms with Crippen LogP contribution in [0.4, 0.5) is 8.78 Å². The topological polar surface area (TPSA) is 113 Å². The van der Waals surface area contributed by atoms with Crippen LogP contribution in [-0.2, 0) is 11.4 Å². The fourth-order valence-corrected chi connectivity index (χ4v) is 5.69. The van der Waals surface area contributed by atoms with Crippen LogP contribution in [0.25, 0.3) is 0 Å². The van der Waals surface area contributed by atoms with E-state index in [0.29, 0.717) is 18.9 Å². The summed E-state index contributed by atoms with van der Waals surface area (Å²) >= 11 is 0. The first kappa shape index (κ1) is 24.9. The number of halogens is 2. The highest BCUT2D eigenvalue weighted by molar-refractivity contribution is 5.99. The molecule has 0 saturated carbocycles. The van der Waals surface area contributed by atoms with E-state index in [1.165, 1.54) is 16.8 Å². The summed E-state index contributed by atoms with van der Waals surface area (Å²) in [5.74, 6) is -3.82. The first-order valence-electron chi connectivity index (χ1n) is 12.1. The molecule has 0 radical (unpaired) electrons. The van der Waals surface area contributed by atoms with Gasteiger partial charge >= 0.3 is 0 Å². The van der Waals surface area contributed by atoms with E-state index in [1.54, 1.807) is 4.90 Å². The van der Waals surface area contributed by atoms with Crippen molar-refractivity contribution in [3.63, 3.8) is 0 Å². The molecular formula is C26H28F2N4O5. The van der Waals surface area contributed by atoms with Crippen molar-refractivity contribution < 1.29 is 28.3 Å². The van der Waals surface area contributed by atoms with Gasteiger partial charge in [0.2, 0.25) is 5.43 Å². The average molecular weight is 515 g/mol. The molecule has 1 unspecified atom stereocenters. The van der Waals surface area contributed by atoms with E-state index in [0.717, 1.165) is 11.8 Å². The largest absolute Gasteiger partial charge is 0.503 e. The van der Waals surface area contributed by atoms with E-state index < -0.39 is 57.2 Å². The fourth-order valence-electron chi connectivity index (χ4n) is 5.69. The summed E-state index contributed by atoms with van der Waals surface area (Å²) in [5, 5.41) is 17.6. The van der Waals surface area contributed by atoms with Gasteiger partial charge in [0.05, 0.1) is 17.2 Å². The summed E-state index contributed by atoms with van der Waals surface area (Å²) in [6.45, 7) is 7.71. The molecule has 11 heteroatoms. The van der Waals surface area contributed by atoms with Crippen LogP contribution in [-0.4, -0.2) is 50.3 Å². The van der Waals surface area contributed by atoms with Crippen molar-refractivity contribution in [2.45, 2.75) is 64.8 Å². The summed E-state index contributed by atoms with van der Waals surface area (Å²) in [6, 6.07) is 2.20. The molecule has 1 aromatic carbocycles. The Hall–Kier alpha value is -3.76. The highest BCUT2D eigenvalue weighted by Gasteiger charge is 2.62. The highest BCUT2D eigenvalue weighted by Crippen LogP contribution is 2.54. The molecule has 3 aliphatic heterocycles. The maximum absolute atomic E-state index is 14.0. The molecule has 1 fully saturated rings. The zero-order valence-corrected chi connectivity index (χ0v) is 21.0. The summed E-state index contributed by atoms with van der Waals surface area (Å²) in [7, 11) is 0. The smallest absolute Gasteiger partial charge is 0.274 e. The van der Waals surface area contributed by atoms with E-state index in [4.69, 9.17) is 4.84 Å². The van der Waals surface area contributed by atoms with Crippen LogP contribution < -0.4 is 10.7 Å². The van der Waals surface area contributed by atoms with Crippen molar-refractivity contribution in [1.82, 2.24) is 14.8 Å². The molecule has 1 saturated heterocycles. The van der Waals surface area contributed by atoms with E-state index in [1.807, 2.05) is 27.7 Å². The molecule has 37 heavy (non-hydrogen) atoms. The second-order valence-corrected chi connectivity index (χ2v) is 10.5. The lowest BCUT2D eigenvalue weighted by Gasteiger charge is -2.47. The summed E-state index contributed by atoms with van der Waals surface area (Å²) in [4.78, 5) is 47.2. The minimum absolute atomic E-state index is 0.0216.